The van der Waals surface area contributed by atoms with Crippen LogP contribution in [0.5, 0.6) is 0 Å². The van der Waals surface area contributed by atoms with Crippen LogP contribution in [0.15, 0.2) is 30.3 Å². The molecule has 1 aromatic heterocycles. The summed E-state index contributed by atoms with van der Waals surface area (Å²) in [5.41, 5.74) is 0.796. The SMILES string of the molecule is CCCCCCCCCCCNc1nnc(NC(=O)/C=C/c2ccccc2Cl)s1. The number of carbonyl (C=O) groups excluding carboxylic acids is 1. The second-order valence-corrected chi connectivity index (χ2v) is 8.40. The lowest BCUT2D eigenvalue weighted by Crippen LogP contribution is -2.07. The Morgan fingerprint density at radius 2 is 1.66 bits per heavy atom. The molecule has 0 saturated heterocycles. The number of hydrogen-bond donors (Lipinski definition) is 2. The van der Waals surface area contributed by atoms with E-state index in [1.165, 1.54) is 68.8 Å². The first-order valence-corrected chi connectivity index (χ1v) is 11.7. The molecule has 2 rings (SSSR count). The van der Waals surface area contributed by atoms with Crippen LogP contribution in [0.2, 0.25) is 5.02 Å². The predicted octanol–water partition coefficient (Wildman–Crippen LogP) is 6.79. The summed E-state index contributed by atoms with van der Waals surface area (Å²) < 4.78 is 0. The van der Waals surface area contributed by atoms with Crippen molar-refractivity contribution in [3.8, 4) is 0 Å². The second kappa shape index (κ2) is 14.1. The summed E-state index contributed by atoms with van der Waals surface area (Å²) in [5, 5.41) is 15.9. The third-order valence-electron chi connectivity index (χ3n) is 4.53. The number of carbonyl (C=O) groups is 1. The molecule has 0 radical (unpaired) electrons. The number of nitrogens with one attached hydrogen (secondary N) is 2. The zero-order valence-electron chi connectivity index (χ0n) is 17.1. The van der Waals surface area contributed by atoms with Crippen LogP contribution in [0.3, 0.4) is 0 Å². The molecule has 0 aliphatic heterocycles. The monoisotopic (exact) mass is 434 g/mol. The summed E-state index contributed by atoms with van der Waals surface area (Å²) in [5.74, 6) is -0.258. The molecule has 1 heterocycles. The van der Waals surface area contributed by atoms with Gasteiger partial charge in [-0.25, -0.2) is 0 Å². The lowest BCUT2D eigenvalue weighted by molar-refractivity contribution is -0.111. The van der Waals surface area contributed by atoms with Crippen molar-refractivity contribution in [3.63, 3.8) is 0 Å². The zero-order chi connectivity index (χ0) is 20.7. The van der Waals surface area contributed by atoms with E-state index in [0.717, 1.165) is 23.7 Å². The molecular formula is C22H31ClN4OS. The summed E-state index contributed by atoms with van der Waals surface area (Å²) >= 11 is 7.41. The number of halogens is 1. The van der Waals surface area contributed by atoms with E-state index >= 15 is 0 Å². The molecule has 0 unspecified atom stereocenters. The van der Waals surface area contributed by atoms with Crippen LogP contribution < -0.4 is 10.6 Å². The van der Waals surface area contributed by atoms with Gasteiger partial charge in [0.2, 0.25) is 16.2 Å². The maximum absolute atomic E-state index is 12.0. The highest BCUT2D eigenvalue weighted by Gasteiger charge is 2.06. The van der Waals surface area contributed by atoms with Crippen molar-refractivity contribution in [2.75, 3.05) is 17.2 Å². The highest BCUT2D eigenvalue weighted by Crippen LogP contribution is 2.20. The van der Waals surface area contributed by atoms with Gasteiger partial charge in [-0.1, -0.05) is 99.4 Å². The Morgan fingerprint density at radius 1 is 1.00 bits per heavy atom. The summed E-state index contributed by atoms with van der Waals surface area (Å²) in [7, 11) is 0. The fourth-order valence-corrected chi connectivity index (χ4v) is 3.77. The number of nitrogens with zero attached hydrogens (tertiary/aromatic N) is 2. The van der Waals surface area contributed by atoms with Crippen LogP contribution in [-0.2, 0) is 4.79 Å². The van der Waals surface area contributed by atoms with Gasteiger partial charge in [0.1, 0.15) is 0 Å². The first kappa shape index (κ1) is 23.4. The minimum atomic E-state index is -0.258. The number of anilines is 2. The number of rotatable bonds is 14. The lowest BCUT2D eigenvalue weighted by atomic mass is 10.1. The molecule has 0 saturated carbocycles. The van der Waals surface area contributed by atoms with Gasteiger partial charge >= 0.3 is 0 Å². The van der Waals surface area contributed by atoms with Crippen molar-refractivity contribution in [1.29, 1.82) is 0 Å². The van der Waals surface area contributed by atoms with Crippen LogP contribution >= 0.6 is 22.9 Å². The number of aromatic nitrogens is 2. The molecular weight excluding hydrogens is 404 g/mol. The van der Waals surface area contributed by atoms with Crippen LogP contribution in [0, 0.1) is 0 Å². The largest absolute Gasteiger partial charge is 0.360 e. The number of benzene rings is 1. The molecule has 0 spiro atoms. The van der Waals surface area contributed by atoms with Gasteiger partial charge in [-0.15, -0.1) is 10.2 Å². The van der Waals surface area contributed by atoms with Gasteiger partial charge in [0.25, 0.3) is 0 Å². The van der Waals surface area contributed by atoms with Crippen LogP contribution in [-0.4, -0.2) is 22.6 Å². The molecule has 0 fully saturated rings. The molecule has 158 valence electrons. The standard InChI is InChI=1S/C22H31ClN4OS/c1-2-3-4-5-6-7-8-9-12-17-24-21-26-27-22(29-21)25-20(28)16-15-18-13-10-11-14-19(18)23/h10-11,13-16H,2-9,12,17H2,1H3,(H,24,26)(H,25,27,28)/b16-15+. The first-order chi connectivity index (χ1) is 14.2. The van der Waals surface area contributed by atoms with Crippen molar-refractivity contribution in [2.24, 2.45) is 0 Å². The van der Waals surface area contributed by atoms with Gasteiger partial charge in [-0.05, 0) is 24.1 Å². The molecule has 0 atom stereocenters. The van der Waals surface area contributed by atoms with Crippen LogP contribution in [0.25, 0.3) is 6.08 Å². The third kappa shape index (κ3) is 9.90. The highest BCUT2D eigenvalue weighted by atomic mass is 35.5. The maximum Gasteiger partial charge on any atom is 0.250 e. The van der Waals surface area contributed by atoms with E-state index in [2.05, 4.69) is 27.8 Å². The first-order valence-electron chi connectivity index (χ1n) is 10.5. The smallest absolute Gasteiger partial charge is 0.250 e. The number of hydrogen-bond acceptors (Lipinski definition) is 5. The summed E-state index contributed by atoms with van der Waals surface area (Å²) in [4.78, 5) is 12.0. The Balaban J connectivity index is 1.59. The Kier molecular flexibility index (Phi) is 11.4. The highest BCUT2D eigenvalue weighted by molar-refractivity contribution is 7.19. The normalized spacial score (nSPS) is 11.1. The molecule has 5 nitrogen and oxygen atoms in total. The Morgan fingerprint density at radius 3 is 2.38 bits per heavy atom. The number of unbranched alkanes of at least 4 members (excludes halogenated alkanes) is 8. The van der Waals surface area contributed by atoms with Crippen molar-refractivity contribution in [3.05, 3.63) is 40.9 Å². The minimum absolute atomic E-state index is 0.258. The molecule has 0 aliphatic carbocycles. The molecule has 1 amide bonds. The van der Waals surface area contributed by atoms with E-state index in [-0.39, 0.29) is 5.91 Å². The van der Waals surface area contributed by atoms with E-state index in [0.29, 0.717) is 10.2 Å². The lowest BCUT2D eigenvalue weighted by Gasteiger charge is -2.03. The quantitative estimate of drug-likeness (QED) is 0.254. The van der Waals surface area contributed by atoms with Gasteiger partial charge in [0, 0.05) is 17.6 Å². The Hall–Kier alpha value is -1.92. The van der Waals surface area contributed by atoms with Crippen molar-refractivity contribution >= 4 is 45.2 Å². The molecule has 0 aliphatic rings. The molecule has 7 heteroatoms. The average molecular weight is 435 g/mol. The van der Waals surface area contributed by atoms with E-state index in [1.807, 2.05) is 18.2 Å². The fourth-order valence-electron chi connectivity index (χ4n) is 2.90. The molecule has 0 bridgehead atoms. The molecule has 2 aromatic rings. The third-order valence-corrected chi connectivity index (χ3v) is 5.67. The van der Waals surface area contributed by atoms with Crippen molar-refractivity contribution < 1.29 is 4.79 Å². The van der Waals surface area contributed by atoms with Gasteiger partial charge in [0.05, 0.1) is 0 Å². The van der Waals surface area contributed by atoms with Crippen LogP contribution in [0.1, 0.15) is 70.3 Å². The Bertz CT molecular complexity index is 763. The summed E-state index contributed by atoms with van der Waals surface area (Å²) in [6.45, 7) is 3.13. The van der Waals surface area contributed by atoms with Crippen molar-refractivity contribution in [2.45, 2.75) is 64.7 Å². The van der Waals surface area contributed by atoms with Gasteiger partial charge in [0.15, 0.2) is 0 Å². The summed E-state index contributed by atoms with van der Waals surface area (Å²) in [6.07, 6.45) is 14.9. The van der Waals surface area contributed by atoms with Gasteiger partial charge in [-0.2, -0.15) is 0 Å². The van der Waals surface area contributed by atoms with Crippen LogP contribution in [0.4, 0.5) is 10.3 Å². The predicted molar refractivity (Wildman–Crippen MR) is 125 cm³/mol. The molecule has 2 N–H and O–H groups in total. The minimum Gasteiger partial charge on any atom is -0.360 e. The molecule has 29 heavy (non-hydrogen) atoms. The summed E-state index contributed by atoms with van der Waals surface area (Å²) in [6, 6.07) is 7.37. The van der Waals surface area contributed by atoms with Gasteiger partial charge in [-0.3, -0.25) is 10.1 Å². The Labute approximate surface area is 183 Å². The fraction of sp³-hybridized carbons (Fsp3) is 0.500. The van der Waals surface area contributed by atoms with E-state index in [4.69, 9.17) is 11.6 Å². The second-order valence-electron chi connectivity index (χ2n) is 7.01. The van der Waals surface area contributed by atoms with E-state index in [1.54, 1.807) is 12.1 Å². The zero-order valence-corrected chi connectivity index (χ0v) is 18.7. The molecule has 1 aromatic carbocycles. The topological polar surface area (TPSA) is 66.9 Å². The number of amides is 1. The van der Waals surface area contributed by atoms with E-state index < -0.39 is 0 Å². The van der Waals surface area contributed by atoms with Gasteiger partial charge < -0.3 is 5.32 Å². The van der Waals surface area contributed by atoms with E-state index in [9.17, 15) is 4.79 Å². The average Bonchev–Trinajstić information content (AvgIpc) is 3.16. The van der Waals surface area contributed by atoms with Crippen molar-refractivity contribution in [1.82, 2.24) is 10.2 Å². The maximum atomic E-state index is 12.0.